The summed E-state index contributed by atoms with van der Waals surface area (Å²) in [5, 5.41) is 8.66. The molecule has 21 heavy (non-hydrogen) atoms. The summed E-state index contributed by atoms with van der Waals surface area (Å²) in [5.74, 6) is 5.40. The zero-order chi connectivity index (χ0) is 15.3. The molecular weight excluding hydrogens is 288 g/mol. The van der Waals surface area contributed by atoms with Crippen molar-refractivity contribution in [3.63, 3.8) is 0 Å². The van der Waals surface area contributed by atoms with Crippen LogP contribution in [0, 0.1) is 18.8 Å². The number of benzene rings is 1. The molecule has 6 heteroatoms. The lowest BCUT2D eigenvalue weighted by Gasteiger charge is -2.07. The maximum absolute atomic E-state index is 12.3. The van der Waals surface area contributed by atoms with Crippen LogP contribution in [0.4, 0.5) is 5.82 Å². The van der Waals surface area contributed by atoms with E-state index in [-0.39, 0.29) is 17.3 Å². The molecule has 0 fully saturated rings. The van der Waals surface area contributed by atoms with Crippen molar-refractivity contribution in [3.8, 4) is 11.8 Å². The standard InChI is InChI=1S/C15H14N2O3S/c1-12-7-8-15(16-11-12)17-21(19,20)14-6-2-4-13(10-14)5-3-9-18/h2,4,6-8,10-11,18H,9H2,1H3,(H,16,17). The van der Waals surface area contributed by atoms with Crippen LogP contribution in [0.5, 0.6) is 0 Å². The molecule has 0 bridgehead atoms. The van der Waals surface area contributed by atoms with Crippen molar-refractivity contribution >= 4 is 15.8 Å². The molecule has 0 aliphatic carbocycles. The number of anilines is 1. The summed E-state index contributed by atoms with van der Waals surface area (Å²) in [7, 11) is -3.72. The highest BCUT2D eigenvalue weighted by molar-refractivity contribution is 7.92. The quantitative estimate of drug-likeness (QED) is 0.843. The van der Waals surface area contributed by atoms with Gasteiger partial charge in [0.05, 0.1) is 4.90 Å². The van der Waals surface area contributed by atoms with Gasteiger partial charge in [-0.2, -0.15) is 0 Å². The van der Waals surface area contributed by atoms with Gasteiger partial charge in [-0.15, -0.1) is 0 Å². The molecule has 0 amide bonds. The number of rotatable bonds is 3. The zero-order valence-corrected chi connectivity index (χ0v) is 12.2. The molecule has 2 N–H and O–H groups in total. The molecule has 0 spiro atoms. The Balaban J connectivity index is 2.29. The molecule has 0 saturated carbocycles. The molecule has 1 heterocycles. The summed E-state index contributed by atoms with van der Waals surface area (Å²) >= 11 is 0. The van der Waals surface area contributed by atoms with Gasteiger partial charge in [-0.3, -0.25) is 4.72 Å². The molecule has 1 aromatic carbocycles. The van der Waals surface area contributed by atoms with E-state index in [9.17, 15) is 8.42 Å². The fourth-order valence-corrected chi connectivity index (χ4v) is 2.66. The van der Waals surface area contributed by atoms with Gasteiger partial charge >= 0.3 is 0 Å². The van der Waals surface area contributed by atoms with E-state index in [4.69, 9.17) is 5.11 Å². The van der Waals surface area contributed by atoms with Crippen molar-refractivity contribution in [2.45, 2.75) is 11.8 Å². The Labute approximate surface area is 123 Å². The van der Waals surface area contributed by atoms with Gasteiger partial charge in [0.15, 0.2) is 0 Å². The van der Waals surface area contributed by atoms with Crippen LogP contribution < -0.4 is 4.72 Å². The van der Waals surface area contributed by atoms with Crippen molar-refractivity contribution in [1.29, 1.82) is 0 Å². The molecule has 0 aliphatic heterocycles. The zero-order valence-electron chi connectivity index (χ0n) is 11.4. The number of hydrogen-bond acceptors (Lipinski definition) is 4. The maximum Gasteiger partial charge on any atom is 0.263 e. The lowest BCUT2D eigenvalue weighted by molar-refractivity contribution is 0.350. The first-order valence-corrected chi connectivity index (χ1v) is 7.65. The first kappa shape index (κ1) is 15.0. The molecule has 0 aliphatic rings. The third-order valence-corrected chi connectivity index (χ3v) is 3.96. The molecule has 0 radical (unpaired) electrons. The van der Waals surface area contributed by atoms with Crippen LogP contribution >= 0.6 is 0 Å². The van der Waals surface area contributed by atoms with E-state index in [1.807, 2.05) is 6.92 Å². The van der Waals surface area contributed by atoms with E-state index >= 15 is 0 Å². The summed E-state index contributed by atoms with van der Waals surface area (Å²) in [4.78, 5) is 4.10. The number of aliphatic hydroxyl groups excluding tert-OH is 1. The van der Waals surface area contributed by atoms with Crippen LogP contribution in [0.15, 0.2) is 47.5 Å². The van der Waals surface area contributed by atoms with Gasteiger partial charge in [-0.1, -0.05) is 24.0 Å². The fraction of sp³-hybridized carbons (Fsp3) is 0.133. The topological polar surface area (TPSA) is 79.3 Å². The first-order valence-electron chi connectivity index (χ1n) is 6.16. The second-order valence-corrected chi connectivity index (χ2v) is 6.00. The van der Waals surface area contributed by atoms with Crippen LogP contribution in [-0.2, 0) is 10.0 Å². The Morgan fingerprint density at radius 1 is 1.29 bits per heavy atom. The maximum atomic E-state index is 12.3. The van der Waals surface area contributed by atoms with Crippen LogP contribution in [0.25, 0.3) is 0 Å². The minimum Gasteiger partial charge on any atom is -0.384 e. The van der Waals surface area contributed by atoms with Crippen LogP contribution in [0.2, 0.25) is 0 Å². The monoisotopic (exact) mass is 302 g/mol. The number of sulfonamides is 1. The average Bonchev–Trinajstić information content (AvgIpc) is 2.48. The summed E-state index contributed by atoms with van der Waals surface area (Å²) in [6, 6.07) is 9.56. The molecule has 2 aromatic rings. The Hall–Kier alpha value is -2.36. The molecule has 0 unspecified atom stereocenters. The highest BCUT2D eigenvalue weighted by atomic mass is 32.2. The molecule has 0 atom stereocenters. The summed E-state index contributed by atoms with van der Waals surface area (Å²) < 4.78 is 26.9. The van der Waals surface area contributed by atoms with Crippen LogP contribution in [0.1, 0.15) is 11.1 Å². The van der Waals surface area contributed by atoms with E-state index in [0.717, 1.165) is 5.56 Å². The summed E-state index contributed by atoms with van der Waals surface area (Å²) in [6.07, 6.45) is 1.58. The van der Waals surface area contributed by atoms with Gasteiger partial charge in [0.2, 0.25) is 0 Å². The Kier molecular flexibility index (Phi) is 4.58. The van der Waals surface area contributed by atoms with E-state index in [0.29, 0.717) is 5.56 Å². The summed E-state index contributed by atoms with van der Waals surface area (Å²) in [6.45, 7) is 1.59. The number of aromatic nitrogens is 1. The van der Waals surface area contributed by atoms with Gasteiger partial charge < -0.3 is 5.11 Å². The van der Waals surface area contributed by atoms with Crippen molar-refractivity contribution in [2.75, 3.05) is 11.3 Å². The van der Waals surface area contributed by atoms with Gasteiger partial charge in [0.1, 0.15) is 12.4 Å². The lowest BCUT2D eigenvalue weighted by atomic mass is 10.2. The third-order valence-electron chi connectivity index (χ3n) is 2.61. The van der Waals surface area contributed by atoms with Crippen molar-refractivity contribution in [3.05, 3.63) is 53.7 Å². The van der Waals surface area contributed by atoms with Crippen molar-refractivity contribution < 1.29 is 13.5 Å². The molecule has 5 nitrogen and oxygen atoms in total. The van der Waals surface area contributed by atoms with Crippen LogP contribution in [0.3, 0.4) is 0 Å². The van der Waals surface area contributed by atoms with Gasteiger partial charge in [-0.25, -0.2) is 13.4 Å². The van der Waals surface area contributed by atoms with Gasteiger partial charge in [-0.05, 0) is 36.8 Å². The van der Waals surface area contributed by atoms with Crippen LogP contribution in [-0.4, -0.2) is 25.1 Å². The number of hydrogen-bond donors (Lipinski definition) is 2. The number of aliphatic hydroxyl groups is 1. The molecule has 2 rings (SSSR count). The Bertz CT molecular complexity index is 788. The SMILES string of the molecule is Cc1ccc(NS(=O)(=O)c2cccc(C#CCO)c2)nc1. The van der Waals surface area contributed by atoms with E-state index < -0.39 is 10.0 Å². The smallest absolute Gasteiger partial charge is 0.263 e. The second-order valence-electron chi connectivity index (χ2n) is 4.31. The average molecular weight is 302 g/mol. The summed E-state index contributed by atoms with van der Waals surface area (Å²) in [5.41, 5.74) is 1.46. The van der Waals surface area contributed by atoms with Crippen molar-refractivity contribution in [1.82, 2.24) is 4.98 Å². The number of aryl methyl sites for hydroxylation is 1. The third kappa shape index (κ3) is 4.05. The van der Waals surface area contributed by atoms with Crippen molar-refractivity contribution in [2.24, 2.45) is 0 Å². The lowest BCUT2D eigenvalue weighted by Crippen LogP contribution is -2.14. The Morgan fingerprint density at radius 3 is 2.76 bits per heavy atom. The second kappa shape index (κ2) is 6.39. The highest BCUT2D eigenvalue weighted by Gasteiger charge is 2.14. The predicted octanol–water partition coefficient (Wildman–Crippen LogP) is 1.53. The normalized spacial score (nSPS) is 10.6. The van der Waals surface area contributed by atoms with Gasteiger partial charge in [0, 0.05) is 11.8 Å². The largest absolute Gasteiger partial charge is 0.384 e. The highest BCUT2D eigenvalue weighted by Crippen LogP contribution is 2.15. The predicted molar refractivity (Wildman–Crippen MR) is 80.2 cm³/mol. The number of nitrogens with one attached hydrogen (secondary N) is 1. The minimum absolute atomic E-state index is 0.0922. The molecule has 0 saturated heterocycles. The van der Waals surface area contributed by atoms with Gasteiger partial charge in [0.25, 0.3) is 10.0 Å². The molecular formula is C15H14N2O3S. The minimum atomic E-state index is -3.72. The van der Waals surface area contributed by atoms with E-state index in [2.05, 4.69) is 21.5 Å². The molecule has 1 aromatic heterocycles. The van der Waals surface area contributed by atoms with E-state index in [1.54, 1.807) is 30.5 Å². The number of pyridine rings is 1. The van der Waals surface area contributed by atoms with E-state index in [1.165, 1.54) is 12.1 Å². The number of nitrogens with zero attached hydrogens (tertiary/aromatic N) is 1. The fourth-order valence-electron chi connectivity index (χ4n) is 1.61. The molecule has 108 valence electrons. The Morgan fingerprint density at radius 2 is 2.10 bits per heavy atom. The first-order chi connectivity index (χ1) is 10.0.